The van der Waals surface area contributed by atoms with Crippen molar-refractivity contribution in [2.45, 2.75) is 52.0 Å². The number of benzene rings is 2. The second-order valence-electron chi connectivity index (χ2n) is 8.04. The maximum absolute atomic E-state index is 9.63. The molecule has 3 heteroatoms. The van der Waals surface area contributed by atoms with Crippen molar-refractivity contribution >= 4 is 28.9 Å². The number of nitriles is 1. The third-order valence-electron chi connectivity index (χ3n) is 5.46. The summed E-state index contributed by atoms with van der Waals surface area (Å²) in [5.74, 6) is 0.454. The molecular weight excluding hydrogens is 352 g/mol. The lowest BCUT2D eigenvalue weighted by Gasteiger charge is -2.47. The SMILES string of the molecule is CCCN1c2cc(Cl)c(/C=C(/C#N)c3ccccc3)cc2C(C)CC1(C)C. The monoisotopic (exact) mass is 378 g/mol. The van der Waals surface area contributed by atoms with Crippen LogP contribution in [0.25, 0.3) is 11.6 Å². The molecule has 0 amide bonds. The van der Waals surface area contributed by atoms with Crippen LogP contribution in [-0.4, -0.2) is 12.1 Å². The van der Waals surface area contributed by atoms with Gasteiger partial charge >= 0.3 is 0 Å². The molecule has 0 saturated carbocycles. The predicted octanol–water partition coefficient (Wildman–Crippen LogP) is 6.91. The Morgan fingerprint density at radius 3 is 2.63 bits per heavy atom. The van der Waals surface area contributed by atoms with E-state index >= 15 is 0 Å². The average molecular weight is 379 g/mol. The largest absolute Gasteiger partial charge is 0.366 e. The Labute approximate surface area is 168 Å². The Kier molecular flexibility index (Phi) is 5.63. The summed E-state index contributed by atoms with van der Waals surface area (Å²) in [6, 6.07) is 16.3. The first-order valence-corrected chi connectivity index (χ1v) is 10.0. The summed E-state index contributed by atoms with van der Waals surface area (Å²) < 4.78 is 0. The second-order valence-corrected chi connectivity index (χ2v) is 8.44. The van der Waals surface area contributed by atoms with E-state index in [-0.39, 0.29) is 5.54 Å². The zero-order chi connectivity index (χ0) is 19.6. The van der Waals surface area contributed by atoms with E-state index in [4.69, 9.17) is 11.6 Å². The first-order chi connectivity index (χ1) is 12.9. The number of nitrogens with zero attached hydrogens (tertiary/aromatic N) is 2. The van der Waals surface area contributed by atoms with Crippen molar-refractivity contribution in [3.05, 3.63) is 64.2 Å². The summed E-state index contributed by atoms with van der Waals surface area (Å²) in [6.07, 6.45) is 4.12. The Hall–Kier alpha value is -2.24. The molecule has 1 aliphatic rings. The molecule has 140 valence electrons. The van der Waals surface area contributed by atoms with Gasteiger partial charge in [0.1, 0.15) is 0 Å². The fourth-order valence-corrected chi connectivity index (χ4v) is 4.44. The number of rotatable bonds is 4. The number of hydrogen-bond donors (Lipinski definition) is 0. The van der Waals surface area contributed by atoms with Gasteiger partial charge in [-0.05, 0) is 67.5 Å². The number of allylic oxidation sites excluding steroid dienone is 1. The molecule has 1 heterocycles. The number of hydrogen-bond acceptors (Lipinski definition) is 2. The van der Waals surface area contributed by atoms with Crippen molar-refractivity contribution in [3.8, 4) is 6.07 Å². The predicted molar refractivity (Wildman–Crippen MR) is 116 cm³/mol. The normalized spacial score (nSPS) is 18.7. The lowest BCUT2D eigenvalue weighted by molar-refractivity contribution is 0.376. The van der Waals surface area contributed by atoms with Crippen LogP contribution in [0.2, 0.25) is 5.02 Å². The molecule has 2 aromatic rings. The summed E-state index contributed by atoms with van der Waals surface area (Å²) in [5, 5.41) is 10.3. The number of anilines is 1. The van der Waals surface area contributed by atoms with Crippen molar-refractivity contribution < 1.29 is 0 Å². The molecule has 2 aromatic carbocycles. The molecular formula is C24H27ClN2. The first-order valence-electron chi connectivity index (χ1n) is 9.65. The van der Waals surface area contributed by atoms with Crippen LogP contribution in [0, 0.1) is 11.3 Å². The molecule has 0 radical (unpaired) electrons. The van der Waals surface area contributed by atoms with Gasteiger partial charge in [0.25, 0.3) is 0 Å². The van der Waals surface area contributed by atoms with Gasteiger partial charge in [0, 0.05) is 22.8 Å². The molecule has 1 atom stereocenters. The zero-order valence-electron chi connectivity index (χ0n) is 16.6. The van der Waals surface area contributed by atoms with Crippen LogP contribution in [0.4, 0.5) is 5.69 Å². The lowest BCUT2D eigenvalue weighted by Crippen LogP contribution is -2.48. The average Bonchev–Trinajstić information content (AvgIpc) is 2.64. The molecule has 0 N–H and O–H groups in total. The molecule has 27 heavy (non-hydrogen) atoms. The Morgan fingerprint density at radius 2 is 2.00 bits per heavy atom. The van der Waals surface area contributed by atoms with Gasteiger partial charge in [0.15, 0.2) is 0 Å². The van der Waals surface area contributed by atoms with E-state index in [1.807, 2.05) is 36.4 Å². The van der Waals surface area contributed by atoms with E-state index < -0.39 is 0 Å². The highest BCUT2D eigenvalue weighted by Crippen LogP contribution is 2.45. The van der Waals surface area contributed by atoms with Crippen molar-refractivity contribution in [2.24, 2.45) is 0 Å². The molecule has 2 nitrogen and oxygen atoms in total. The van der Waals surface area contributed by atoms with Crippen LogP contribution in [0.1, 0.15) is 63.1 Å². The summed E-state index contributed by atoms with van der Waals surface area (Å²) >= 11 is 6.68. The number of halogens is 1. The van der Waals surface area contributed by atoms with Gasteiger partial charge in [0.05, 0.1) is 11.6 Å². The minimum absolute atomic E-state index is 0.116. The van der Waals surface area contributed by atoms with Crippen molar-refractivity contribution in [3.63, 3.8) is 0 Å². The van der Waals surface area contributed by atoms with Crippen molar-refractivity contribution in [2.75, 3.05) is 11.4 Å². The van der Waals surface area contributed by atoms with Crippen LogP contribution in [0.5, 0.6) is 0 Å². The zero-order valence-corrected chi connectivity index (χ0v) is 17.3. The van der Waals surface area contributed by atoms with Crippen LogP contribution in [0.3, 0.4) is 0 Å². The highest BCUT2D eigenvalue weighted by Gasteiger charge is 2.36. The fraction of sp³-hybridized carbons (Fsp3) is 0.375. The van der Waals surface area contributed by atoms with Crippen LogP contribution in [0.15, 0.2) is 42.5 Å². The Balaban J connectivity index is 2.10. The van der Waals surface area contributed by atoms with Gasteiger partial charge < -0.3 is 4.90 Å². The van der Waals surface area contributed by atoms with E-state index in [0.29, 0.717) is 16.5 Å². The van der Waals surface area contributed by atoms with Gasteiger partial charge in [-0.15, -0.1) is 0 Å². The molecule has 0 bridgehead atoms. The molecule has 0 saturated heterocycles. The molecule has 3 rings (SSSR count). The van der Waals surface area contributed by atoms with E-state index in [0.717, 1.165) is 30.5 Å². The van der Waals surface area contributed by atoms with Gasteiger partial charge in [-0.3, -0.25) is 0 Å². The van der Waals surface area contributed by atoms with Crippen molar-refractivity contribution in [1.82, 2.24) is 0 Å². The Morgan fingerprint density at radius 1 is 1.30 bits per heavy atom. The van der Waals surface area contributed by atoms with E-state index in [1.54, 1.807) is 0 Å². The summed E-state index contributed by atoms with van der Waals surface area (Å²) in [7, 11) is 0. The van der Waals surface area contributed by atoms with Crippen LogP contribution < -0.4 is 4.90 Å². The highest BCUT2D eigenvalue weighted by molar-refractivity contribution is 6.32. The van der Waals surface area contributed by atoms with E-state index in [9.17, 15) is 5.26 Å². The fourth-order valence-electron chi connectivity index (χ4n) is 4.23. The minimum Gasteiger partial charge on any atom is -0.366 e. The molecule has 0 aliphatic carbocycles. The third-order valence-corrected chi connectivity index (χ3v) is 5.78. The second kappa shape index (κ2) is 7.79. The summed E-state index contributed by atoms with van der Waals surface area (Å²) in [4.78, 5) is 2.49. The topological polar surface area (TPSA) is 27.0 Å². The van der Waals surface area contributed by atoms with Gasteiger partial charge in [-0.25, -0.2) is 0 Å². The van der Waals surface area contributed by atoms with Gasteiger partial charge in [-0.2, -0.15) is 5.26 Å². The Bertz CT molecular complexity index is 891. The quantitative estimate of drug-likeness (QED) is 0.427. The maximum atomic E-state index is 9.63. The highest BCUT2D eigenvalue weighted by atomic mass is 35.5. The van der Waals surface area contributed by atoms with Crippen LogP contribution >= 0.6 is 11.6 Å². The molecule has 1 unspecified atom stereocenters. The number of fused-ring (bicyclic) bond motifs is 1. The van der Waals surface area contributed by atoms with Crippen molar-refractivity contribution in [1.29, 1.82) is 5.26 Å². The summed E-state index contributed by atoms with van der Waals surface area (Å²) in [6.45, 7) is 10.1. The van der Waals surface area contributed by atoms with E-state index in [2.05, 4.69) is 50.8 Å². The molecule has 0 spiro atoms. The molecule has 0 fully saturated rings. The molecule has 1 aliphatic heterocycles. The van der Waals surface area contributed by atoms with E-state index in [1.165, 1.54) is 11.3 Å². The minimum atomic E-state index is 0.116. The maximum Gasteiger partial charge on any atom is 0.0998 e. The third kappa shape index (κ3) is 3.89. The lowest BCUT2D eigenvalue weighted by atomic mass is 9.79. The van der Waals surface area contributed by atoms with Gasteiger partial charge in [0.2, 0.25) is 0 Å². The van der Waals surface area contributed by atoms with Gasteiger partial charge in [-0.1, -0.05) is 55.8 Å². The summed E-state index contributed by atoms with van der Waals surface area (Å²) in [5.41, 5.74) is 5.14. The van der Waals surface area contributed by atoms with Crippen LogP contribution in [-0.2, 0) is 0 Å². The first kappa shape index (κ1) is 19.5. The smallest absolute Gasteiger partial charge is 0.0998 e. The standard InChI is InChI=1S/C24H27ClN2/c1-5-11-27-23-14-22(25)19(13-21(23)17(2)15-24(27,3)4)12-20(16-26)18-9-7-6-8-10-18/h6-10,12-14,17H,5,11,15H2,1-4H3/b20-12-. The molecule has 0 aromatic heterocycles.